The maximum atomic E-state index is 12.1. The van der Waals surface area contributed by atoms with Crippen LogP contribution in [0.4, 0.5) is 0 Å². The van der Waals surface area contributed by atoms with E-state index in [9.17, 15) is 9.59 Å². The normalized spacial score (nSPS) is 11.2. The number of hydrogen-bond donors (Lipinski definition) is 1. The molecule has 1 aromatic carbocycles. The van der Waals surface area contributed by atoms with Crippen molar-refractivity contribution in [1.29, 1.82) is 0 Å². The molecule has 0 aliphatic rings. The average Bonchev–Trinajstić information content (AvgIpc) is 3.08. The zero-order valence-corrected chi connectivity index (χ0v) is 14.7. The third-order valence-corrected chi connectivity index (χ3v) is 3.68. The molecule has 2 aromatic rings. The fraction of sp³-hybridized carbons (Fsp3) is 0.333. The number of ether oxygens (including phenoxy) is 1. The topological polar surface area (TPSA) is 86.1 Å². The molecule has 7 nitrogen and oxygen atoms in total. The van der Waals surface area contributed by atoms with Gasteiger partial charge in [0.2, 0.25) is 5.91 Å². The predicted octanol–water partition coefficient (Wildman–Crippen LogP) is 1.98. The van der Waals surface area contributed by atoms with Gasteiger partial charge in [0.05, 0.1) is 19.9 Å². The molecule has 1 N–H and O–H groups in total. The van der Waals surface area contributed by atoms with E-state index in [-0.39, 0.29) is 11.6 Å². The van der Waals surface area contributed by atoms with E-state index in [1.807, 2.05) is 38.1 Å². The molecule has 0 atom stereocenters. The molecular formula is C18H22N4O3. The first-order valence-electron chi connectivity index (χ1n) is 8.07. The number of aryl methyl sites for hydroxylation is 1. The summed E-state index contributed by atoms with van der Waals surface area (Å²) in [5.41, 5.74) is 3.35. The number of carbonyl (C=O) groups is 2. The largest absolute Gasteiger partial charge is 0.464 e. The smallest absolute Gasteiger partial charge is 0.360 e. The van der Waals surface area contributed by atoms with Gasteiger partial charge in [-0.3, -0.25) is 4.79 Å². The minimum absolute atomic E-state index is 0.140. The lowest BCUT2D eigenvalue weighted by Crippen LogP contribution is -2.26. The Morgan fingerprint density at radius 2 is 2.00 bits per heavy atom. The Morgan fingerprint density at radius 3 is 2.64 bits per heavy atom. The number of nitrogens with zero attached hydrogens (tertiary/aromatic N) is 3. The highest BCUT2D eigenvalue weighted by Crippen LogP contribution is 2.18. The molecule has 0 saturated carbocycles. The molecule has 0 aliphatic heterocycles. The Hall–Kier alpha value is -2.96. The number of aromatic nitrogens is 3. The molecular weight excluding hydrogens is 320 g/mol. The molecule has 2 rings (SSSR count). The predicted molar refractivity (Wildman–Crippen MR) is 93.8 cm³/mol. The van der Waals surface area contributed by atoms with Crippen molar-refractivity contribution < 1.29 is 14.3 Å². The van der Waals surface area contributed by atoms with Crippen molar-refractivity contribution in [3.8, 4) is 0 Å². The highest BCUT2D eigenvalue weighted by atomic mass is 16.5. The van der Waals surface area contributed by atoms with Crippen LogP contribution in [0.25, 0.3) is 5.57 Å². The molecule has 0 unspecified atom stereocenters. The second-order valence-electron chi connectivity index (χ2n) is 5.54. The number of carbonyl (C=O) groups excluding carboxylic acids is 2. The van der Waals surface area contributed by atoms with Crippen LogP contribution in [0.15, 0.2) is 36.5 Å². The van der Waals surface area contributed by atoms with Crippen LogP contribution in [0.1, 0.15) is 35.0 Å². The molecule has 25 heavy (non-hydrogen) atoms. The van der Waals surface area contributed by atoms with Crippen molar-refractivity contribution >= 4 is 17.4 Å². The Balaban J connectivity index is 1.89. The monoisotopic (exact) mass is 342 g/mol. The Morgan fingerprint density at radius 1 is 1.28 bits per heavy atom. The standard InChI is InChI=1S/C18H22N4O3/c1-4-14(15-7-5-13(2)6-8-15)11-17(23)19-9-10-22-12-16(20-21-22)18(24)25-3/h5-8,11-12H,4,9-10H2,1-3H3,(H,19,23). The second kappa shape index (κ2) is 8.77. The van der Waals surface area contributed by atoms with E-state index in [2.05, 4.69) is 20.4 Å². The number of rotatable bonds is 7. The van der Waals surface area contributed by atoms with E-state index in [1.54, 1.807) is 6.08 Å². The number of methoxy groups -OCH3 is 1. The van der Waals surface area contributed by atoms with Crippen LogP contribution in [0.5, 0.6) is 0 Å². The van der Waals surface area contributed by atoms with Gasteiger partial charge in [-0.15, -0.1) is 5.10 Å². The second-order valence-corrected chi connectivity index (χ2v) is 5.54. The van der Waals surface area contributed by atoms with Crippen LogP contribution in [0, 0.1) is 6.92 Å². The van der Waals surface area contributed by atoms with Crippen molar-refractivity contribution in [2.45, 2.75) is 26.8 Å². The van der Waals surface area contributed by atoms with Crippen LogP contribution in [0.3, 0.4) is 0 Å². The van der Waals surface area contributed by atoms with Gasteiger partial charge in [0, 0.05) is 12.6 Å². The molecule has 132 valence electrons. The molecule has 1 heterocycles. The van der Waals surface area contributed by atoms with Crippen LogP contribution < -0.4 is 5.32 Å². The number of benzene rings is 1. The lowest BCUT2D eigenvalue weighted by Gasteiger charge is -2.07. The van der Waals surface area contributed by atoms with Gasteiger partial charge in [-0.25, -0.2) is 9.48 Å². The van der Waals surface area contributed by atoms with Gasteiger partial charge in [0.15, 0.2) is 5.69 Å². The molecule has 0 aliphatic carbocycles. The summed E-state index contributed by atoms with van der Waals surface area (Å²) in [4.78, 5) is 23.4. The summed E-state index contributed by atoms with van der Waals surface area (Å²) in [5, 5.41) is 10.3. The summed E-state index contributed by atoms with van der Waals surface area (Å²) in [5.74, 6) is -0.699. The van der Waals surface area contributed by atoms with E-state index in [0.717, 1.165) is 17.6 Å². The first-order valence-corrected chi connectivity index (χ1v) is 8.07. The summed E-state index contributed by atoms with van der Waals surface area (Å²) < 4.78 is 6.05. The van der Waals surface area contributed by atoms with Crippen LogP contribution in [-0.4, -0.2) is 40.5 Å². The zero-order valence-electron chi connectivity index (χ0n) is 14.7. The fourth-order valence-corrected chi connectivity index (χ4v) is 2.27. The van der Waals surface area contributed by atoms with Gasteiger partial charge in [-0.05, 0) is 24.5 Å². The molecule has 0 saturated heterocycles. The van der Waals surface area contributed by atoms with Crippen LogP contribution >= 0.6 is 0 Å². The maximum Gasteiger partial charge on any atom is 0.360 e. The Kier molecular flexibility index (Phi) is 6.45. The molecule has 7 heteroatoms. The molecule has 1 amide bonds. The van der Waals surface area contributed by atoms with E-state index < -0.39 is 5.97 Å². The average molecular weight is 342 g/mol. The van der Waals surface area contributed by atoms with E-state index >= 15 is 0 Å². The van der Waals surface area contributed by atoms with Crippen molar-refractivity contribution in [2.24, 2.45) is 0 Å². The highest BCUT2D eigenvalue weighted by molar-refractivity contribution is 5.95. The van der Waals surface area contributed by atoms with Crippen molar-refractivity contribution in [1.82, 2.24) is 20.3 Å². The van der Waals surface area contributed by atoms with Gasteiger partial charge < -0.3 is 10.1 Å². The van der Waals surface area contributed by atoms with Crippen molar-refractivity contribution in [2.75, 3.05) is 13.7 Å². The molecule has 0 spiro atoms. The quantitative estimate of drug-likeness (QED) is 0.614. The molecule has 1 aromatic heterocycles. The third-order valence-electron chi connectivity index (χ3n) is 3.68. The number of allylic oxidation sites excluding steroid dienone is 1. The first-order chi connectivity index (χ1) is 12.0. The van der Waals surface area contributed by atoms with E-state index in [1.165, 1.54) is 23.6 Å². The van der Waals surface area contributed by atoms with Crippen LogP contribution in [-0.2, 0) is 16.1 Å². The summed E-state index contributed by atoms with van der Waals surface area (Å²) in [6, 6.07) is 8.09. The van der Waals surface area contributed by atoms with E-state index in [0.29, 0.717) is 13.1 Å². The number of esters is 1. The maximum absolute atomic E-state index is 12.1. The molecule has 0 fully saturated rings. The zero-order chi connectivity index (χ0) is 18.2. The van der Waals surface area contributed by atoms with Gasteiger partial charge in [-0.2, -0.15) is 0 Å². The van der Waals surface area contributed by atoms with Crippen LogP contribution in [0.2, 0.25) is 0 Å². The summed E-state index contributed by atoms with van der Waals surface area (Å²) in [6.45, 7) is 4.84. The Labute approximate surface area is 146 Å². The number of nitrogens with one attached hydrogen (secondary N) is 1. The lowest BCUT2D eigenvalue weighted by molar-refractivity contribution is -0.116. The molecule has 0 bridgehead atoms. The SMILES string of the molecule is CCC(=CC(=O)NCCn1cc(C(=O)OC)nn1)c1ccc(C)cc1. The van der Waals surface area contributed by atoms with Gasteiger partial charge in [0.25, 0.3) is 0 Å². The van der Waals surface area contributed by atoms with Gasteiger partial charge in [-0.1, -0.05) is 42.0 Å². The van der Waals surface area contributed by atoms with Gasteiger partial charge >= 0.3 is 5.97 Å². The van der Waals surface area contributed by atoms with E-state index in [4.69, 9.17) is 0 Å². The molecule has 0 radical (unpaired) electrons. The fourth-order valence-electron chi connectivity index (χ4n) is 2.27. The van der Waals surface area contributed by atoms with Gasteiger partial charge in [0.1, 0.15) is 0 Å². The first kappa shape index (κ1) is 18.4. The third kappa shape index (κ3) is 5.27. The van der Waals surface area contributed by atoms with Crippen molar-refractivity contribution in [3.63, 3.8) is 0 Å². The summed E-state index contributed by atoms with van der Waals surface area (Å²) in [7, 11) is 1.28. The van der Waals surface area contributed by atoms with Crippen molar-refractivity contribution in [3.05, 3.63) is 53.4 Å². The lowest BCUT2D eigenvalue weighted by atomic mass is 10.0. The number of hydrogen-bond acceptors (Lipinski definition) is 5. The summed E-state index contributed by atoms with van der Waals surface area (Å²) in [6.07, 6.45) is 3.87. The number of amides is 1. The highest BCUT2D eigenvalue weighted by Gasteiger charge is 2.10. The summed E-state index contributed by atoms with van der Waals surface area (Å²) >= 11 is 0. The Bertz CT molecular complexity index is 763. The minimum atomic E-state index is -0.538. The minimum Gasteiger partial charge on any atom is -0.464 e.